The van der Waals surface area contributed by atoms with E-state index in [4.69, 9.17) is 9.72 Å². The van der Waals surface area contributed by atoms with Gasteiger partial charge in [0.2, 0.25) is 0 Å². The fourth-order valence-electron chi connectivity index (χ4n) is 3.63. The number of aryl methyl sites for hydroxylation is 1. The molecule has 2 saturated heterocycles. The van der Waals surface area contributed by atoms with Gasteiger partial charge in [-0.3, -0.25) is 0 Å². The summed E-state index contributed by atoms with van der Waals surface area (Å²) < 4.78 is 5.44. The number of morpholine rings is 1. The van der Waals surface area contributed by atoms with Crippen molar-refractivity contribution in [1.29, 1.82) is 0 Å². The smallest absolute Gasteiger partial charge is 0.134 e. The Hall–Kier alpha value is -2.48. The molecule has 2 fully saturated rings. The predicted octanol–water partition coefficient (Wildman–Crippen LogP) is 1.86. The molecule has 2 aliphatic rings. The molecule has 2 aliphatic heterocycles. The molecule has 4 rings (SSSR count). The van der Waals surface area contributed by atoms with Gasteiger partial charge in [-0.2, -0.15) is 0 Å². The average molecular weight is 384 g/mol. The summed E-state index contributed by atoms with van der Waals surface area (Å²) in [5, 5.41) is 0. The van der Waals surface area contributed by atoms with Gasteiger partial charge in [0.25, 0.3) is 0 Å². The van der Waals surface area contributed by atoms with Crippen LogP contribution in [-0.4, -0.2) is 72.4 Å². The van der Waals surface area contributed by atoms with Gasteiger partial charge in [0.1, 0.15) is 29.6 Å². The summed E-state index contributed by atoms with van der Waals surface area (Å²) in [6, 6.07) is 4.19. The fraction of sp³-hybridized carbons (Fsp3) is 0.600. The molecule has 2 aromatic heterocycles. The van der Waals surface area contributed by atoms with E-state index in [0.29, 0.717) is 5.92 Å². The molecule has 150 valence electrons. The molecule has 4 heterocycles. The zero-order valence-electron chi connectivity index (χ0n) is 17.0. The predicted molar refractivity (Wildman–Crippen MR) is 110 cm³/mol. The number of ether oxygens (including phenoxy) is 1. The zero-order chi connectivity index (χ0) is 19.5. The third-order valence-electron chi connectivity index (χ3n) is 5.28. The Morgan fingerprint density at radius 3 is 1.96 bits per heavy atom. The Morgan fingerprint density at radius 2 is 1.36 bits per heavy atom. The molecule has 0 amide bonds. The first-order valence-corrected chi connectivity index (χ1v) is 10.1. The molecule has 0 N–H and O–H groups in total. The summed E-state index contributed by atoms with van der Waals surface area (Å²) in [7, 11) is 0. The van der Waals surface area contributed by atoms with E-state index in [1.165, 1.54) is 0 Å². The SMILES string of the molecule is Cc1cc(N2CCN(c3cc(N4CCOCC4)ncn3)CC2)nc(C(C)C)n1. The van der Waals surface area contributed by atoms with Gasteiger partial charge in [0.05, 0.1) is 13.2 Å². The number of rotatable bonds is 4. The molecule has 0 aliphatic carbocycles. The lowest BCUT2D eigenvalue weighted by Gasteiger charge is -2.36. The summed E-state index contributed by atoms with van der Waals surface area (Å²) in [6.45, 7) is 13.3. The third kappa shape index (κ3) is 4.16. The molecular weight excluding hydrogens is 354 g/mol. The maximum atomic E-state index is 5.44. The number of nitrogens with zero attached hydrogens (tertiary/aromatic N) is 7. The Kier molecular flexibility index (Phi) is 5.57. The number of anilines is 3. The van der Waals surface area contributed by atoms with Gasteiger partial charge in [-0.05, 0) is 6.92 Å². The van der Waals surface area contributed by atoms with Crippen LogP contribution in [0.25, 0.3) is 0 Å². The number of hydrogen-bond acceptors (Lipinski definition) is 8. The Bertz CT molecular complexity index is 799. The van der Waals surface area contributed by atoms with Gasteiger partial charge in [0.15, 0.2) is 0 Å². The van der Waals surface area contributed by atoms with Gasteiger partial charge in [-0.1, -0.05) is 13.8 Å². The Morgan fingerprint density at radius 1 is 0.786 bits per heavy atom. The van der Waals surface area contributed by atoms with Crippen molar-refractivity contribution in [2.24, 2.45) is 0 Å². The van der Waals surface area contributed by atoms with E-state index < -0.39 is 0 Å². The molecule has 0 atom stereocenters. The normalized spacial score (nSPS) is 18.1. The third-order valence-corrected chi connectivity index (χ3v) is 5.28. The van der Waals surface area contributed by atoms with Gasteiger partial charge >= 0.3 is 0 Å². The molecule has 8 heteroatoms. The van der Waals surface area contributed by atoms with E-state index in [9.17, 15) is 0 Å². The second kappa shape index (κ2) is 8.26. The van der Waals surface area contributed by atoms with E-state index in [1.54, 1.807) is 6.33 Å². The van der Waals surface area contributed by atoms with Crippen LogP contribution in [0.5, 0.6) is 0 Å². The highest BCUT2D eigenvalue weighted by atomic mass is 16.5. The monoisotopic (exact) mass is 383 g/mol. The topological polar surface area (TPSA) is 70.5 Å². The molecule has 0 saturated carbocycles. The van der Waals surface area contributed by atoms with Crippen LogP contribution in [0.3, 0.4) is 0 Å². The van der Waals surface area contributed by atoms with Gasteiger partial charge in [-0.25, -0.2) is 19.9 Å². The molecule has 0 aromatic carbocycles. The highest BCUT2D eigenvalue weighted by Gasteiger charge is 2.22. The van der Waals surface area contributed by atoms with Crippen LogP contribution in [0.2, 0.25) is 0 Å². The minimum Gasteiger partial charge on any atom is -0.378 e. The van der Waals surface area contributed by atoms with Crippen molar-refractivity contribution >= 4 is 17.5 Å². The van der Waals surface area contributed by atoms with E-state index in [0.717, 1.165) is 81.5 Å². The van der Waals surface area contributed by atoms with Crippen LogP contribution in [0.4, 0.5) is 17.5 Å². The van der Waals surface area contributed by atoms with Crippen molar-refractivity contribution < 1.29 is 4.74 Å². The molecule has 0 spiro atoms. The molecule has 28 heavy (non-hydrogen) atoms. The summed E-state index contributed by atoms with van der Waals surface area (Å²) in [5.41, 5.74) is 1.03. The molecule has 0 unspecified atom stereocenters. The van der Waals surface area contributed by atoms with E-state index in [2.05, 4.69) is 55.6 Å². The van der Waals surface area contributed by atoms with Crippen molar-refractivity contribution in [2.75, 3.05) is 67.2 Å². The summed E-state index contributed by atoms with van der Waals surface area (Å²) in [5.74, 6) is 4.28. The zero-order valence-corrected chi connectivity index (χ0v) is 17.0. The molecule has 2 aromatic rings. The first kappa shape index (κ1) is 18.9. The first-order chi connectivity index (χ1) is 13.6. The molecule has 0 radical (unpaired) electrons. The van der Waals surface area contributed by atoms with E-state index >= 15 is 0 Å². The largest absolute Gasteiger partial charge is 0.378 e. The van der Waals surface area contributed by atoms with Crippen molar-refractivity contribution in [3.63, 3.8) is 0 Å². The molecular formula is C20H29N7O. The van der Waals surface area contributed by atoms with Crippen LogP contribution in [-0.2, 0) is 4.74 Å². The summed E-state index contributed by atoms with van der Waals surface area (Å²) >= 11 is 0. The van der Waals surface area contributed by atoms with Gasteiger partial charge in [0, 0.05) is 63.0 Å². The summed E-state index contributed by atoms with van der Waals surface area (Å²) in [4.78, 5) is 25.3. The second-order valence-electron chi connectivity index (χ2n) is 7.69. The van der Waals surface area contributed by atoms with Crippen molar-refractivity contribution in [2.45, 2.75) is 26.7 Å². The van der Waals surface area contributed by atoms with Crippen molar-refractivity contribution in [3.8, 4) is 0 Å². The van der Waals surface area contributed by atoms with Crippen LogP contribution < -0.4 is 14.7 Å². The maximum absolute atomic E-state index is 5.44. The lowest BCUT2D eigenvalue weighted by atomic mass is 10.2. The van der Waals surface area contributed by atoms with Gasteiger partial charge in [-0.15, -0.1) is 0 Å². The number of hydrogen-bond donors (Lipinski definition) is 0. The van der Waals surface area contributed by atoms with Crippen LogP contribution in [0, 0.1) is 6.92 Å². The number of aromatic nitrogens is 4. The minimum absolute atomic E-state index is 0.333. The maximum Gasteiger partial charge on any atom is 0.134 e. The number of piperazine rings is 1. The first-order valence-electron chi connectivity index (χ1n) is 10.1. The quantitative estimate of drug-likeness (QED) is 0.792. The lowest BCUT2D eigenvalue weighted by molar-refractivity contribution is 0.122. The molecule has 0 bridgehead atoms. The highest BCUT2D eigenvalue weighted by Crippen LogP contribution is 2.22. The summed E-state index contributed by atoms with van der Waals surface area (Å²) in [6.07, 6.45) is 1.68. The average Bonchev–Trinajstić information content (AvgIpc) is 2.74. The van der Waals surface area contributed by atoms with Crippen LogP contribution >= 0.6 is 0 Å². The Balaban J connectivity index is 1.43. The van der Waals surface area contributed by atoms with E-state index in [-0.39, 0.29) is 0 Å². The molecule has 8 nitrogen and oxygen atoms in total. The second-order valence-corrected chi connectivity index (χ2v) is 7.69. The fourth-order valence-corrected chi connectivity index (χ4v) is 3.63. The van der Waals surface area contributed by atoms with Crippen molar-refractivity contribution in [1.82, 2.24) is 19.9 Å². The van der Waals surface area contributed by atoms with Crippen LogP contribution in [0.15, 0.2) is 18.5 Å². The standard InChI is InChI=1S/C20H29N7O/c1-15(2)20-23-16(3)12-19(24-20)26-6-4-25(5-7-26)17-13-18(22-14-21-17)27-8-10-28-11-9-27/h12-15H,4-11H2,1-3H3. The van der Waals surface area contributed by atoms with Gasteiger partial charge < -0.3 is 19.4 Å². The highest BCUT2D eigenvalue weighted by molar-refractivity contribution is 5.52. The lowest BCUT2D eigenvalue weighted by Crippen LogP contribution is -2.47. The van der Waals surface area contributed by atoms with E-state index in [1.807, 2.05) is 6.92 Å². The van der Waals surface area contributed by atoms with Crippen molar-refractivity contribution in [3.05, 3.63) is 30.0 Å². The van der Waals surface area contributed by atoms with Crippen LogP contribution in [0.1, 0.15) is 31.3 Å². The Labute approximate surface area is 166 Å². The minimum atomic E-state index is 0.333.